The van der Waals surface area contributed by atoms with Crippen LogP contribution in [0.1, 0.15) is 17.8 Å². The minimum absolute atomic E-state index is 0.280. The number of aromatic nitrogens is 1. The van der Waals surface area contributed by atoms with E-state index in [4.69, 9.17) is 0 Å². The predicted octanol–water partition coefficient (Wildman–Crippen LogP) is 2.71. The first-order chi connectivity index (χ1) is 9.83. The van der Waals surface area contributed by atoms with Gasteiger partial charge >= 0.3 is 0 Å². The lowest BCUT2D eigenvalue weighted by atomic mass is 9.92. The summed E-state index contributed by atoms with van der Waals surface area (Å²) < 4.78 is 0. The number of aliphatic hydroxyl groups is 1. The Balaban J connectivity index is 1.65. The minimum atomic E-state index is -0.280. The number of aliphatic hydroxyl groups excluding tert-OH is 1. The Morgan fingerprint density at radius 3 is 2.95 bits per heavy atom. The van der Waals surface area contributed by atoms with Crippen molar-refractivity contribution in [2.24, 2.45) is 5.92 Å². The number of piperidine rings is 1. The Bertz CT molecular complexity index is 534. The standard InChI is InChI=1S/C16H20N2OS/c19-15(13-7-4-8-17-10-13)9-16-18-14(11-20-16)12-5-2-1-3-6-12/h1-3,5-6,11,13,15,17,19H,4,7-10H2. The molecule has 20 heavy (non-hydrogen) atoms. The summed E-state index contributed by atoms with van der Waals surface area (Å²) in [5, 5.41) is 16.8. The van der Waals surface area contributed by atoms with Gasteiger partial charge in [0.2, 0.25) is 0 Å². The summed E-state index contributed by atoms with van der Waals surface area (Å²) in [6.45, 7) is 2.01. The van der Waals surface area contributed by atoms with E-state index in [-0.39, 0.29) is 6.10 Å². The van der Waals surface area contributed by atoms with Gasteiger partial charge in [-0.1, -0.05) is 30.3 Å². The molecule has 1 aliphatic heterocycles. The molecular weight excluding hydrogens is 268 g/mol. The summed E-state index contributed by atoms with van der Waals surface area (Å²) in [6.07, 6.45) is 2.67. The number of nitrogens with zero attached hydrogens (tertiary/aromatic N) is 1. The fourth-order valence-corrected chi connectivity index (χ4v) is 3.55. The van der Waals surface area contributed by atoms with Crippen molar-refractivity contribution in [3.05, 3.63) is 40.7 Å². The normalized spacial score (nSPS) is 20.8. The molecule has 1 aromatic heterocycles. The summed E-state index contributed by atoms with van der Waals surface area (Å²) >= 11 is 1.65. The molecule has 2 N–H and O–H groups in total. The minimum Gasteiger partial charge on any atom is -0.392 e. The van der Waals surface area contributed by atoms with E-state index >= 15 is 0 Å². The smallest absolute Gasteiger partial charge is 0.0958 e. The second-order valence-electron chi connectivity index (χ2n) is 5.37. The summed E-state index contributed by atoms with van der Waals surface area (Å²) in [5.74, 6) is 0.368. The topological polar surface area (TPSA) is 45.2 Å². The molecule has 2 heterocycles. The molecule has 0 radical (unpaired) electrons. The third-order valence-corrected chi connectivity index (χ3v) is 4.76. The SMILES string of the molecule is OC(Cc1nc(-c2ccccc2)cs1)C1CCCNC1. The molecule has 106 valence electrons. The quantitative estimate of drug-likeness (QED) is 0.909. The Labute approximate surface area is 123 Å². The van der Waals surface area contributed by atoms with Gasteiger partial charge in [-0.2, -0.15) is 0 Å². The molecule has 1 fully saturated rings. The van der Waals surface area contributed by atoms with E-state index in [0.717, 1.165) is 42.2 Å². The third kappa shape index (κ3) is 3.26. The maximum atomic E-state index is 10.3. The monoisotopic (exact) mass is 288 g/mol. The molecule has 4 heteroatoms. The van der Waals surface area contributed by atoms with Gasteiger partial charge in [0.25, 0.3) is 0 Å². The average molecular weight is 288 g/mol. The van der Waals surface area contributed by atoms with Crippen LogP contribution in [0.25, 0.3) is 11.3 Å². The first-order valence-electron chi connectivity index (χ1n) is 7.21. The highest BCUT2D eigenvalue weighted by Crippen LogP contribution is 2.24. The zero-order valence-electron chi connectivity index (χ0n) is 11.5. The predicted molar refractivity (Wildman–Crippen MR) is 82.9 cm³/mol. The van der Waals surface area contributed by atoms with Gasteiger partial charge in [0.1, 0.15) is 0 Å². The van der Waals surface area contributed by atoms with Crippen molar-refractivity contribution >= 4 is 11.3 Å². The lowest BCUT2D eigenvalue weighted by Gasteiger charge is -2.26. The molecule has 3 nitrogen and oxygen atoms in total. The van der Waals surface area contributed by atoms with Crippen molar-refractivity contribution in [3.63, 3.8) is 0 Å². The number of hydrogen-bond acceptors (Lipinski definition) is 4. The van der Waals surface area contributed by atoms with Crippen LogP contribution in [0.3, 0.4) is 0 Å². The Kier molecular flexibility index (Phi) is 4.45. The van der Waals surface area contributed by atoms with Crippen LogP contribution >= 0.6 is 11.3 Å². The van der Waals surface area contributed by atoms with Crippen LogP contribution in [0.5, 0.6) is 0 Å². The zero-order valence-corrected chi connectivity index (χ0v) is 12.3. The molecule has 3 rings (SSSR count). The van der Waals surface area contributed by atoms with E-state index in [9.17, 15) is 5.11 Å². The van der Waals surface area contributed by atoms with Crippen LogP contribution in [0, 0.1) is 5.92 Å². The van der Waals surface area contributed by atoms with Gasteiger partial charge in [0, 0.05) is 23.9 Å². The van der Waals surface area contributed by atoms with Gasteiger partial charge in [-0.05, 0) is 25.3 Å². The molecule has 0 amide bonds. The first kappa shape index (κ1) is 13.7. The van der Waals surface area contributed by atoms with E-state index in [0.29, 0.717) is 12.3 Å². The van der Waals surface area contributed by atoms with Crippen LogP contribution in [-0.2, 0) is 6.42 Å². The van der Waals surface area contributed by atoms with Crippen molar-refractivity contribution in [1.29, 1.82) is 0 Å². The largest absolute Gasteiger partial charge is 0.392 e. The number of nitrogens with one attached hydrogen (secondary N) is 1. The molecule has 1 aliphatic rings. The lowest BCUT2D eigenvalue weighted by molar-refractivity contribution is 0.0922. The Morgan fingerprint density at radius 1 is 1.35 bits per heavy atom. The molecule has 1 saturated heterocycles. The molecule has 2 aromatic rings. The number of benzene rings is 1. The van der Waals surface area contributed by atoms with Gasteiger partial charge < -0.3 is 10.4 Å². The Morgan fingerprint density at radius 2 is 2.20 bits per heavy atom. The maximum absolute atomic E-state index is 10.3. The lowest BCUT2D eigenvalue weighted by Crippen LogP contribution is -2.37. The third-order valence-electron chi connectivity index (χ3n) is 3.88. The van der Waals surface area contributed by atoms with Crippen molar-refractivity contribution < 1.29 is 5.11 Å². The molecule has 2 unspecified atom stereocenters. The molecule has 1 aromatic carbocycles. The van der Waals surface area contributed by atoms with Gasteiger partial charge in [-0.15, -0.1) is 11.3 Å². The van der Waals surface area contributed by atoms with Crippen LogP contribution in [0.15, 0.2) is 35.7 Å². The van der Waals surface area contributed by atoms with Gasteiger partial charge in [0.05, 0.1) is 16.8 Å². The molecule has 0 saturated carbocycles. The first-order valence-corrected chi connectivity index (χ1v) is 8.09. The van der Waals surface area contributed by atoms with E-state index < -0.39 is 0 Å². The fourth-order valence-electron chi connectivity index (χ4n) is 2.70. The molecule has 0 bridgehead atoms. The van der Waals surface area contributed by atoms with E-state index in [1.165, 1.54) is 0 Å². The maximum Gasteiger partial charge on any atom is 0.0958 e. The van der Waals surface area contributed by atoms with Crippen molar-refractivity contribution in [2.75, 3.05) is 13.1 Å². The van der Waals surface area contributed by atoms with Crippen molar-refractivity contribution in [1.82, 2.24) is 10.3 Å². The number of hydrogen-bond donors (Lipinski definition) is 2. The molecule has 0 spiro atoms. The van der Waals surface area contributed by atoms with Crippen LogP contribution in [0.4, 0.5) is 0 Å². The van der Waals surface area contributed by atoms with Crippen LogP contribution < -0.4 is 5.32 Å². The summed E-state index contributed by atoms with van der Waals surface area (Å²) in [7, 11) is 0. The van der Waals surface area contributed by atoms with Crippen LogP contribution in [-0.4, -0.2) is 29.3 Å². The second kappa shape index (κ2) is 6.48. The molecule has 2 atom stereocenters. The fraction of sp³-hybridized carbons (Fsp3) is 0.438. The highest BCUT2D eigenvalue weighted by molar-refractivity contribution is 7.09. The van der Waals surface area contributed by atoms with E-state index in [2.05, 4.69) is 27.8 Å². The Hall–Kier alpha value is -1.23. The number of rotatable bonds is 4. The summed E-state index contributed by atoms with van der Waals surface area (Å²) in [5.41, 5.74) is 2.16. The average Bonchev–Trinajstić information content (AvgIpc) is 2.97. The van der Waals surface area contributed by atoms with E-state index in [1.807, 2.05) is 18.2 Å². The summed E-state index contributed by atoms with van der Waals surface area (Å²) in [6, 6.07) is 10.2. The van der Waals surface area contributed by atoms with Gasteiger partial charge in [-0.25, -0.2) is 4.98 Å². The van der Waals surface area contributed by atoms with Crippen LogP contribution in [0.2, 0.25) is 0 Å². The van der Waals surface area contributed by atoms with Gasteiger partial charge in [-0.3, -0.25) is 0 Å². The number of thiazole rings is 1. The van der Waals surface area contributed by atoms with E-state index in [1.54, 1.807) is 11.3 Å². The second-order valence-corrected chi connectivity index (χ2v) is 6.31. The summed E-state index contributed by atoms with van der Waals surface area (Å²) in [4.78, 5) is 4.65. The highest BCUT2D eigenvalue weighted by atomic mass is 32.1. The zero-order chi connectivity index (χ0) is 13.8. The van der Waals surface area contributed by atoms with Crippen molar-refractivity contribution in [2.45, 2.75) is 25.4 Å². The molecule has 0 aliphatic carbocycles. The highest BCUT2D eigenvalue weighted by Gasteiger charge is 2.22. The van der Waals surface area contributed by atoms with Crippen molar-refractivity contribution in [3.8, 4) is 11.3 Å². The molecular formula is C16H20N2OS. The van der Waals surface area contributed by atoms with Gasteiger partial charge in [0.15, 0.2) is 0 Å².